The molecule has 0 saturated carbocycles. The van der Waals surface area contributed by atoms with E-state index in [1.165, 1.54) is 6.20 Å². The van der Waals surface area contributed by atoms with Gasteiger partial charge in [0.05, 0.1) is 17.6 Å². The average Bonchev–Trinajstić information content (AvgIpc) is 2.71. The van der Waals surface area contributed by atoms with Gasteiger partial charge in [-0.1, -0.05) is 13.8 Å². The molecule has 1 heterocycles. The predicted molar refractivity (Wildman–Crippen MR) is 73.1 cm³/mol. The molecule has 7 heteroatoms. The number of sulfonamides is 1. The highest BCUT2D eigenvalue weighted by molar-refractivity contribution is 7.92. The van der Waals surface area contributed by atoms with Crippen molar-refractivity contribution >= 4 is 15.7 Å². The van der Waals surface area contributed by atoms with Crippen LogP contribution in [0.4, 0.5) is 5.69 Å². The number of aromatic nitrogens is 2. The normalized spacial score (nSPS) is 12.0. The molecule has 0 atom stereocenters. The number of aryl methyl sites for hydroxylation is 1. The molecule has 1 aromatic heterocycles. The fraction of sp³-hybridized carbons (Fsp3) is 0.727. The standard InChI is InChI=1S/C11H22N4O2S/c1-4-15-9-11(8-13-15)14-18(16,17)7-5-6-12-10(2)3/h8-10,12,14H,4-7H2,1-3H3. The maximum absolute atomic E-state index is 11.8. The highest BCUT2D eigenvalue weighted by atomic mass is 32.2. The Morgan fingerprint density at radius 1 is 1.44 bits per heavy atom. The third kappa shape index (κ3) is 5.50. The Bertz CT molecular complexity index is 453. The average molecular weight is 274 g/mol. The molecular formula is C11H22N4O2S. The third-order valence-electron chi connectivity index (χ3n) is 2.37. The quantitative estimate of drug-likeness (QED) is 0.694. The molecule has 104 valence electrons. The van der Waals surface area contributed by atoms with Gasteiger partial charge >= 0.3 is 0 Å². The van der Waals surface area contributed by atoms with Crippen LogP contribution in [0.25, 0.3) is 0 Å². The first-order valence-corrected chi connectivity index (χ1v) is 7.84. The zero-order chi connectivity index (χ0) is 13.6. The van der Waals surface area contributed by atoms with Crippen LogP contribution < -0.4 is 10.0 Å². The van der Waals surface area contributed by atoms with Crippen molar-refractivity contribution in [3.63, 3.8) is 0 Å². The van der Waals surface area contributed by atoms with Gasteiger partial charge in [-0.3, -0.25) is 9.40 Å². The van der Waals surface area contributed by atoms with Crippen molar-refractivity contribution in [2.45, 2.75) is 39.8 Å². The molecule has 6 nitrogen and oxygen atoms in total. The summed E-state index contributed by atoms with van der Waals surface area (Å²) in [5.41, 5.74) is 0.522. The van der Waals surface area contributed by atoms with E-state index in [0.29, 0.717) is 24.7 Å². The molecule has 0 saturated heterocycles. The molecule has 0 spiro atoms. The lowest BCUT2D eigenvalue weighted by Gasteiger charge is -2.08. The number of rotatable bonds is 8. The van der Waals surface area contributed by atoms with E-state index in [4.69, 9.17) is 0 Å². The van der Waals surface area contributed by atoms with Crippen LogP contribution in [0.2, 0.25) is 0 Å². The van der Waals surface area contributed by atoms with Crippen molar-refractivity contribution in [3.05, 3.63) is 12.4 Å². The van der Waals surface area contributed by atoms with Gasteiger partial charge < -0.3 is 5.32 Å². The number of nitrogens with one attached hydrogen (secondary N) is 2. The summed E-state index contributed by atoms with van der Waals surface area (Å²) < 4.78 is 27.7. The van der Waals surface area contributed by atoms with E-state index in [2.05, 4.69) is 15.1 Å². The van der Waals surface area contributed by atoms with Gasteiger partial charge in [-0.15, -0.1) is 0 Å². The highest BCUT2D eigenvalue weighted by Crippen LogP contribution is 2.08. The minimum atomic E-state index is -3.27. The van der Waals surface area contributed by atoms with E-state index >= 15 is 0 Å². The molecule has 18 heavy (non-hydrogen) atoms. The predicted octanol–water partition coefficient (Wildman–Crippen LogP) is 1.03. The SMILES string of the molecule is CCn1cc(NS(=O)(=O)CCCNC(C)C)cn1. The van der Waals surface area contributed by atoms with Crippen LogP contribution in [0.5, 0.6) is 0 Å². The smallest absolute Gasteiger partial charge is 0.232 e. The van der Waals surface area contributed by atoms with Crippen molar-refractivity contribution in [2.75, 3.05) is 17.0 Å². The second kappa shape index (κ2) is 6.75. The van der Waals surface area contributed by atoms with Crippen LogP contribution in [0.3, 0.4) is 0 Å². The molecule has 0 bridgehead atoms. The first-order valence-electron chi connectivity index (χ1n) is 6.19. The van der Waals surface area contributed by atoms with E-state index < -0.39 is 10.0 Å². The molecule has 0 unspecified atom stereocenters. The monoisotopic (exact) mass is 274 g/mol. The zero-order valence-corrected chi connectivity index (χ0v) is 12.0. The molecule has 0 aliphatic heterocycles. The van der Waals surface area contributed by atoms with E-state index in [1.807, 2.05) is 20.8 Å². The molecule has 0 radical (unpaired) electrons. The second-order valence-electron chi connectivity index (χ2n) is 4.47. The first-order chi connectivity index (χ1) is 8.43. The Balaban J connectivity index is 2.39. The van der Waals surface area contributed by atoms with Crippen molar-refractivity contribution in [1.29, 1.82) is 0 Å². The van der Waals surface area contributed by atoms with Gasteiger partial charge in [-0.05, 0) is 19.9 Å². The highest BCUT2D eigenvalue weighted by Gasteiger charge is 2.11. The van der Waals surface area contributed by atoms with Gasteiger partial charge in [0.15, 0.2) is 0 Å². The maximum Gasteiger partial charge on any atom is 0.232 e. The summed E-state index contributed by atoms with van der Waals surface area (Å²) in [5, 5.41) is 7.20. The summed E-state index contributed by atoms with van der Waals surface area (Å²) in [4.78, 5) is 0. The molecule has 1 aromatic rings. The summed E-state index contributed by atoms with van der Waals surface area (Å²) in [6.45, 7) is 7.44. The molecule has 0 aliphatic rings. The van der Waals surface area contributed by atoms with Crippen LogP contribution in [-0.4, -0.2) is 36.5 Å². The van der Waals surface area contributed by atoms with Crippen LogP contribution in [-0.2, 0) is 16.6 Å². The van der Waals surface area contributed by atoms with Crippen molar-refractivity contribution in [2.24, 2.45) is 0 Å². The van der Waals surface area contributed by atoms with E-state index in [9.17, 15) is 8.42 Å². The Morgan fingerprint density at radius 3 is 2.72 bits per heavy atom. The van der Waals surface area contributed by atoms with Crippen LogP contribution in [0, 0.1) is 0 Å². The minimum absolute atomic E-state index is 0.115. The molecule has 0 aliphatic carbocycles. The molecule has 0 amide bonds. The lowest BCUT2D eigenvalue weighted by Crippen LogP contribution is -2.26. The fourth-order valence-electron chi connectivity index (χ4n) is 1.47. The Morgan fingerprint density at radius 2 is 2.17 bits per heavy atom. The van der Waals surface area contributed by atoms with Gasteiger partial charge in [-0.25, -0.2) is 8.42 Å². The van der Waals surface area contributed by atoms with Crippen molar-refractivity contribution in [3.8, 4) is 0 Å². The fourth-order valence-corrected chi connectivity index (χ4v) is 2.56. The zero-order valence-electron chi connectivity index (χ0n) is 11.2. The largest absolute Gasteiger partial charge is 0.314 e. The lowest BCUT2D eigenvalue weighted by molar-refractivity contribution is 0.571. The first kappa shape index (κ1) is 15.0. The van der Waals surface area contributed by atoms with Gasteiger partial charge in [0.1, 0.15) is 0 Å². The van der Waals surface area contributed by atoms with Gasteiger partial charge in [0.25, 0.3) is 0 Å². The Hall–Kier alpha value is -1.08. The van der Waals surface area contributed by atoms with Crippen LogP contribution in [0.15, 0.2) is 12.4 Å². The van der Waals surface area contributed by atoms with E-state index in [1.54, 1.807) is 10.9 Å². The number of hydrogen-bond donors (Lipinski definition) is 2. The van der Waals surface area contributed by atoms with Crippen molar-refractivity contribution in [1.82, 2.24) is 15.1 Å². The number of hydrogen-bond acceptors (Lipinski definition) is 4. The van der Waals surface area contributed by atoms with Gasteiger partial charge in [0.2, 0.25) is 10.0 Å². The van der Waals surface area contributed by atoms with Gasteiger partial charge in [0, 0.05) is 18.8 Å². The van der Waals surface area contributed by atoms with Crippen molar-refractivity contribution < 1.29 is 8.42 Å². The second-order valence-corrected chi connectivity index (χ2v) is 6.31. The summed E-state index contributed by atoms with van der Waals surface area (Å²) in [5.74, 6) is 0.115. The lowest BCUT2D eigenvalue weighted by atomic mass is 10.4. The summed E-state index contributed by atoms with van der Waals surface area (Å²) in [7, 11) is -3.27. The maximum atomic E-state index is 11.8. The minimum Gasteiger partial charge on any atom is -0.314 e. The summed E-state index contributed by atoms with van der Waals surface area (Å²) >= 11 is 0. The number of anilines is 1. The van der Waals surface area contributed by atoms with Gasteiger partial charge in [-0.2, -0.15) is 5.10 Å². The molecular weight excluding hydrogens is 252 g/mol. The Kier molecular flexibility index (Phi) is 5.61. The molecule has 1 rings (SSSR count). The molecule has 0 aromatic carbocycles. The molecule has 2 N–H and O–H groups in total. The topological polar surface area (TPSA) is 76.0 Å². The van der Waals surface area contributed by atoms with E-state index in [-0.39, 0.29) is 5.75 Å². The summed E-state index contributed by atoms with van der Waals surface area (Å²) in [6.07, 6.45) is 3.80. The molecule has 0 fully saturated rings. The van der Waals surface area contributed by atoms with E-state index in [0.717, 1.165) is 6.54 Å². The number of nitrogens with zero attached hydrogens (tertiary/aromatic N) is 2. The summed E-state index contributed by atoms with van der Waals surface area (Å²) in [6, 6.07) is 0.378. The third-order valence-corrected chi connectivity index (χ3v) is 3.75. The van der Waals surface area contributed by atoms with Crippen LogP contribution >= 0.6 is 0 Å². The Labute approximate surface area is 109 Å². The van der Waals surface area contributed by atoms with Crippen LogP contribution in [0.1, 0.15) is 27.2 Å².